The Labute approximate surface area is 92.3 Å². The highest BCUT2D eigenvalue weighted by molar-refractivity contribution is 6.01. The van der Waals surface area contributed by atoms with Crippen molar-refractivity contribution in [3.05, 3.63) is 29.7 Å². The molecular formula is C10H12N4O2. The standard InChI is InChI=1S/C10H12N4O2/c1-6-8(16-7(2)12-6)9(15)13-10-11-4-5-14(10)3/h4-5H,1-3H3,(H,11,13,15). The Morgan fingerprint density at radius 2 is 2.25 bits per heavy atom. The molecule has 0 unspecified atom stereocenters. The normalized spacial score (nSPS) is 10.4. The number of hydrogen-bond acceptors (Lipinski definition) is 4. The van der Waals surface area contributed by atoms with E-state index in [1.807, 2.05) is 0 Å². The smallest absolute Gasteiger partial charge is 0.295 e. The average molecular weight is 220 g/mol. The van der Waals surface area contributed by atoms with Crippen molar-refractivity contribution in [3.8, 4) is 0 Å². The molecule has 0 bridgehead atoms. The molecule has 0 saturated heterocycles. The molecule has 2 aromatic rings. The number of rotatable bonds is 2. The third-order valence-corrected chi connectivity index (χ3v) is 2.16. The molecule has 2 heterocycles. The summed E-state index contributed by atoms with van der Waals surface area (Å²) in [5.41, 5.74) is 0.573. The molecule has 6 heteroatoms. The Bertz CT molecular complexity index is 527. The van der Waals surface area contributed by atoms with Gasteiger partial charge in [0.2, 0.25) is 11.7 Å². The molecule has 16 heavy (non-hydrogen) atoms. The number of anilines is 1. The van der Waals surface area contributed by atoms with Gasteiger partial charge >= 0.3 is 0 Å². The van der Waals surface area contributed by atoms with Crippen LogP contribution in [0.3, 0.4) is 0 Å². The maximum Gasteiger partial charge on any atom is 0.295 e. The molecule has 0 aliphatic carbocycles. The second kappa shape index (κ2) is 3.80. The van der Waals surface area contributed by atoms with Crippen molar-refractivity contribution in [3.63, 3.8) is 0 Å². The molecule has 84 valence electrons. The first-order valence-electron chi connectivity index (χ1n) is 4.80. The summed E-state index contributed by atoms with van der Waals surface area (Å²) < 4.78 is 6.91. The van der Waals surface area contributed by atoms with Gasteiger partial charge in [0, 0.05) is 26.4 Å². The Balaban J connectivity index is 2.21. The van der Waals surface area contributed by atoms with E-state index in [-0.39, 0.29) is 11.7 Å². The maximum atomic E-state index is 11.8. The number of carbonyl (C=O) groups is 1. The van der Waals surface area contributed by atoms with E-state index in [0.717, 1.165) is 0 Å². The topological polar surface area (TPSA) is 73.0 Å². The quantitative estimate of drug-likeness (QED) is 0.827. The lowest BCUT2D eigenvalue weighted by atomic mass is 10.3. The molecule has 0 atom stereocenters. The van der Waals surface area contributed by atoms with Gasteiger partial charge in [0.1, 0.15) is 0 Å². The van der Waals surface area contributed by atoms with Crippen molar-refractivity contribution in [2.75, 3.05) is 5.32 Å². The van der Waals surface area contributed by atoms with E-state index in [1.165, 1.54) is 0 Å². The van der Waals surface area contributed by atoms with Crippen LogP contribution in [-0.4, -0.2) is 20.4 Å². The molecule has 1 N–H and O–H groups in total. The van der Waals surface area contributed by atoms with Gasteiger partial charge in [0.05, 0.1) is 5.69 Å². The number of hydrogen-bond donors (Lipinski definition) is 1. The molecule has 0 aliphatic heterocycles. The Morgan fingerprint density at radius 3 is 2.75 bits per heavy atom. The molecule has 0 spiro atoms. The Kier molecular flexibility index (Phi) is 2.47. The zero-order valence-corrected chi connectivity index (χ0v) is 9.31. The van der Waals surface area contributed by atoms with E-state index in [0.29, 0.717) is 17.5 Å². The molecule has 0 saturated carbocycles. The highest BCUT2D eigenvalue weighted by atomic mass is 16.4. The fourth-order valence-corrected chi connectivity index (χ4v) is 1.39. The van der Waals surface area contributed by atoms with Crippen molar-refractivity contribution in [2.24, 2.45) is 7.05 Å². The van der Waals surface area contributed by atoms with Gasteiger partial charge in [-0.3, -0.25) is 10.1 Å². The fourth-order valence-electron chi connectivity index (χ4n) is 1.39. The first-order chi connectivity index (χ1) is 7.58. The van der Waals surface area contributed by atoms with Crippen molar-refractivity contribution >= 4 is 11.9 Å². The molecule has 0 aliphatic rings. The van der Waals surface area contributed by atoms with Gasteiger partial charge < -0.3 is 8.98 Å². The fraction of sp³-hybridized carbons (Fsp3) is 0.300. The van der Waals surface area contributed by atoms with E-state index in [9.17, 15) is 4.79 Å². The lowest BCUT2D eigenvalue weighted by molar-refractivity contribution is 0.0993. The largest absolute Gasteiger partial charge is 0.436 e. The van der Waals surface area contributed by atoms with Gasteiger partial charge in [0.25, 0.3) is 5.91 Å². The van der Waals surface area contributed by atoms with Crippen LogP contribution in [-0.2, 0) is 7.05 Å². The van der Waals surface area contributed by atoms with Gasteiger partial charge in [-0.25, -0.2) is 9.97 Å². The van der Waals surface area contributed by atoms with Crippen molar-refractivity contribution in [1.82, 2.24) is 14.5 Å². The van der Waals surface area contributed by atoms with Gasteiger partial charge in [-0.15, -0.1) is 0 Å². The molecule has 1 amide bonds. The predicted octanol–water partition coefficient (Wildman–Crippen LogP) is 1.28. The van der Waals surface area contributed by atoms with Crippen LogP contribution in [0, 0.1) is 13.8 Å². The van der Waals surface area contributed by atoms with Crippen LogP contribution in [0.1, 0.15) is 22.1 Å². The van der Waals surface area contributed by atoms with Crippen LogP contribution in [0.25, 0.3) is 0 Å². The number of aryl methyl sites for hydroxylation is 3. The lowest BCUT2D eigenvalue weighted by Crippen LogP contribution is -2.15. The summed E-state index contributed by atoms with van der Waals surface area (Å²) in [6.07, 6.45) is 3.35. The van der Waals surface area contributed by atoms with Crippen molar-refractivity contribution in [1.29, 1.82) is 0 Å². The van der Waals surface area contributed by atoms with Crippen LogP contribution in [0.4, 0.5) is 5.95 Å². The molecule has 2 rings (SSSR count). The third-order valence-electron chi connectivity index (χ3n) is 2.16. The average Bonchev–Trinajstić information content (AvgIpc) is 2.74. The van der Waals surface area contributed by atoms with E-state index in [2.05, 4.69) is 15.3 Å². The van der Waals surface area contributed by atoms with Crippen LogP contribution >= 0.6 is 0 Å². The number of nitrogens with one attached hydrogen (secondary N) is 1. The monoisotopic (exact) mass is 220 g/mol. The van der Waals surface area contributed by atoms with Crippen LogP contribution in [0.5, 0.6) is 0 Å². The molecule has 0 aromatic carbocycles. The molecule has 6 nitrogen and oxygen atoms in total. The summed E-state index contributed by atoms with van der Waals surface area (Å²) in [6, 6.07) is 0. The number of amides is 1. The highest BCUT2D eigenvalue weighted by Gasteiger charge is 2.17. The number of imidazole rings is 1. The summed E-state index contributed by atoms with van der Waals surface area (Å²) in [5, 5.41) is 2.64. The minimum atomic E-state index is -0.340. The summed E-state index contributed by atoms with van der Waals surface area (Å²) in [7, 11) is 1.79. The zero-order valence-electron chi connectivity index (χ0n) is 9.31. The second-order valence-corrected chi connectivity index (χ2v) is 3.46. The molecule has 0 radical (unpaired) electrons. The second-order valence-electron chi connectivity index (χ2n) is 3.46. The van der Waals surface area contributed by atoms with E-state index in [4.69, 9.17) is 4.42 Å². The highest BCUT2D eigenvalue weighted by Crippen LogP contribution is 2.11. The van der Waals surface area contributed by atoms with Gasteiger partial charge in [-0.05, 0) is 6.92 Å². The van der Waals surface area contributed by atoms with E-state index >= 15 is 0 Å². The molecule has 2 aromatic heterocycles. The van der Waals surface area contributed by atoms with Crippen molar-refractivity contribution in [2.45, 2.75) is 13.8 Å². The van der Waals surface area contributed by atoms with E-state index in [1.54, 1.807) is 37.9 Å². The lowest BCUT2D eigenvalue weighted by Gasteiger charge is -2.02. The van der Waals surface area contributed by atoms with Gasteiger partial charge in [-0.1, -0.05) is 0 Å². The van der Waals surface area contributed by atoms with Crippen molar-refractivity contribution < 1.29 is 9.21 Å². The van der Waals surface area contributed by atoms with E-state index < -0.39 is 0 Å². The first kappa shape index (κ1) is 10.4. The summed E-state index contributed by atoms with van der Waals surface area (Å²) >= 11 is 0. The zero-order chi connectivity index (χ0) is 11.7. The minimum absolute atomic E-state index is 0.223. The number of carbonyl (C=O) groups excluding carboxylic acids is 1. The Hall–Kier alpha value is -2.11. The summed E-state index contributed by atoms with van der Waals surface area (Å²) in [5.74, 6) is 0.828. The number of nitrogens with zero attached hydrogens (tertiary/aromatic N) is 3. The molecular weight excluding hydrogens is 208 g/mol. The van der Waals surface area contributed by atoms with Crippen LogP contribution in [0.15, 0.2) is 16.8 Å². The third kappa shape index (κ3) is 1.81. The van der Waals surface area contributed by atoms with Gasteiger partial charge in [0.15, 0.2) is 5.89 Å². The van der Waals surface area contributed by atoms with Crippen LogP contribution in [0.2, 0.25) is 0 Å². The maximum absolute atomic E-state index is 11.8. The SMILES string of the molecule is Cc1nc(C)c(C(=O)Nc2nccn2C)o1. The Morgan fingerprint density at radius 1 is 1.50 bits per heavy atom. The first-order valence-corrected chi connectivity index (χ1v) is 4.80. The minimum Gasteiger partial charge on any atom is -0.436 e. The van der Waals surface area contributed by atoms with Crippen LogP contribution < -0.4 is 5.32 Å². The van der Waals surface area contributed by atoms with Gasteiger partial charge in [-0.2, -0.15) is 0 Å². The summed E-state index contributed by atoms with van der Waals surface area (Å²) in [6.45, 7) is 3.42. The molecule has 0 fully saturated rings. The number of oxazole rings is 1. The predicted molar refractivity (Wildman–Crippen MR) is 57.1 cm³/mol. The summed E-state index contributed by atoms with van der Waals surface area (Å²) in [4.78, 5) is 19.8. The number of aromatic nitrogens is 3.